The molecule has 3 N–H and O–H groups in total. The number of benzene rings is 3. The van der Waals surface area contributed by atoms with Crippen molar-refractivity contribution in [3.63, 3.8) is 0 Å². The summed E-state index contributed by atoms with van der Waals surface area (Å²) >= 11 is 0. The van der Waals surface area contributed by atoms with Crippen LogP contribution >= 0.6 is 0 Å². The van der Waals surface area contributed by atoms with E-state index in [1.54, 1.807) is 13.0 Å². The minimum atomic E-state index is -1.09. The molecule has 7 nitrogen and oxygen atoms in total. The first-order valence-electron chi connectivity index (χ1n) is 11.2. The maximum Gasteiger partial charge on any atom is 0.287 e. The molecule has 0 aliphatic heterocycles. The number of primary amides is 1. The van der Waals surface area contributed by atoms with Crippen molar-refractivity contribution in [3.05, 3.63) is 107 Å². The minimum Gasteiger partial charge on any atom is -0.363 e. The number of aromatic nitrogens is 2. The number of carbonyl (C=O) groups is 3. The third-order valence-corrected chi connectivity index (χ3v) is 5.67. The van der Waals surface area contributed by atoms with Crippen LogP contribution in [0.4, 0.5) is 0 Å². The maximum atomic E-state index is 13.2. The van der Waals surface area contributed by atoms with E-state index in [2.05, 4.69) is 16.5 Å². The summed E-state index contributed by atoms with van der Waals surface area (Å²) in [6.45, 7) is 3.83. The van der Waals surface area contributed by atoms with E-state index in [-0.39, 0.29) is 12.1 Å². The van der Waals surface area contributed by atoms with Crippen LogP contribution in [0.2, 0.25) is 0 Å². The molecule has 35 heavy (non-hydrogen) atoms. The first-order valence-corrected chi connectivity index (χ1v) is 11.2. The van der Waals surface area contributed by atoms with E-state index in [0.29, 0.717) is 11.4 Å². The number of Topliss-reactive ketones (excluding diaryl/α,β-unsaturated/α-hetero) is 1. The van der Waals surface area contributed by atoms with Gasteiger partial charge in [0.05, 0.1) is 11.4 Å². The molecule has 3 aromatic carbocycles. The molecular formula is C28H26N4O3. The van der Waals surface area contributed by atoms with Gasteiger partial charge >= 0.3 is 0 Å². The quantitative estimate of drug-likeness (QED) is 0.387. The number of carbonyl (C=O) groups excluding carboxylic acids is 3. The fourth-order valence-electron chi connectivity index (χ4n) is 3.94. The number of amides is 2. The van der Waals surface area contributed by atoms with Crippen molar-refractivity contribution in [1.29, 1.82) is 0 Å². The second kappa shape index (κ2) is 10.2. The van der Waals surface area contributed by atoms with E-state index in [4.69, 9.17) is 5.73 Å². The lowest BCUT2D eigenvalue weighted by Gasteiger charge is -2.17. The normalized spacial score (nSPS) is 11.6. The molecule has 0 fully saturated rings. The zero-order chi connectivity index (χ0) is 24.9. The van der Waals surface area contributed by atoms with Gasteiger partial charge in [-0.15, -0.1) is 0 Å². The number of hydrogen-bond acceptors (Lipinski definition) is 4. The summed E-state index contributed by atoms with van der Waals surface area (Å²) in [6, 6.07) is 25.6. The van der Waals surface area contributed by atoms with Crippen LogP contribution in [0.1, 0.15) is 27.3 Å². The Morgan fingerprint density at radius 1 is 0.886 bits per heavy atom. The van der Waals surface area contributed by atoms with Crippen molar-refractivity contribution in [2.45, 2.75) is 26.3 Å². The molecule has 0 saturated heterocycles. The van der Waals surface area contributed by atoms with Crippen LogP contribution in [0.15, 0.2) is 84.9 Å². The number of nitrogens with zero attached hydrogens (tertiary/aromatic N) is 2. The average Bonchev–Trinajstić information content (AvgIpc) is 3.25. The monoisotopic (exact) mass is 466 g/mol. The molecule has 0 spiro atoms. The maximum absolute atomic E-state index is 13.2. The van der Waals surface area contributed by atoms with Gasteiger partial charge in [-0.2, -0.15) is 5.10 Å². The summed E-state index contributed by atoms with van der Waals surface area (Å²) < 4.78 is 1.53. The van der Waals surface area contributed by atoms with Crippen LogP contribution < -0.4 is 11.1 Å². The lowest BCUT2D eigenvalue weighted by Crippen LogP contribution is -2.47. The molecule has 1 heterocycles. The van der Waals surface area contributed by atoms with Gasteiger partial charge in [0.1, 0.15) is 11.7 Å². The molecule has 2 amide bonds. The summed E-state index contributed by atoms with van der Waals surface area (Å²) in [5.74, 6) is -2.47. The highest BCUT2D eigenvalue weighted by atomic mass is 16.2. The zero-order valence-electron chi connectivity index (χ0n) is 19.6. The van der Waals surface area contributed by atoms with Crippen LogP contribution in [0.5, 0.6) is 0 Å². The van der Waals surface area contributed by atoms with Gasteiger partial charge in [0.2, 0.25) is 5.78 Å². The van der Waals surface area contributed by atoms with Gasteiger partial charge in [-0.1, -0.05) is 72.3 Å². The van der Waals surface area contributed by atoms with Gasteiger partial charge in [-0.3, -0.25) is 14.4 Å². The molecule has 0 aliphatic carbocycles. The van der Waals surface area contributed by atoms with E-state index in [1.807, 2.05) is 79.7 Å². The van der Waals surface area contributed by atoms with Crippen LogP contribution in [0.3, 0.4) is 0 Å². The molecule has 7 heteroatoms. The molecular weight excluding hydrogens is 440 g/mol. The summed E-state index contributed by atoms with van der Waals surface area (Å²) in [5, 5.41) is 7.15. The summed E-state index contributed by atoms with van der Waals surface area (Å²) in [4.78, 5) is 37.3. The van der Waals surface area contributed by atoms with Crippen molar-refractivity contribution >= 4 is 17.6 Å². The molecule has 0 radical (unpaired) electrons. The molecule has 0 saturated carbocycles. The van der Waals surface area contributed by atoms with E-state index < -0.39 is 23.6 Å². The molecule has 0 aliphatic rings. The van der Waals surface area contributed by atoms with Crippen molar-refractivity contribution in [2.75, 3.05) is 0 Å². The van der Waals surface area contributed by atoms with Gasteiger partial charge in [0, 0.05) is 6.42 Å². The largest absolute Gasteiger partial charge is 0.363 e. The Morgan fingerprint density at radius 3 is 2.26 bits per heavy atom. The third kappa shape index (κ3) is 5.52. The lowest BCUT2D eigenvalue weighted by molar-refractivity contribution is -0.137. The molecule has 1 aromatic heterocycles. The Balaban J connectivity index is 1.60. The SMILES string of the molecule is Cc1cccc(-c2ccc(-n3nc(C)cc3C(=O)NC(Cc3ccccc3)C(=O)C(N)=O)cc2)c1. The molecule has 4 rings (SSSR count). The zero-order valence-corrected chi connectivity index (χ0v) is 19.6. The predicted molar refractivity (Wildman–Crippen MR) is 134 cm³/mol. The summed E-state index contributed by atoms with van der Waals surface area (Å²) in [6.07, 6.45) is 0.145. The number of aryl methyl sites for hydroxylation is 2. The second-order valence-corrected chi connectivity index (χ2v) is 8.44. The molecule has 1 unspecified atom stereocenters. The summed E-state index contributed by atoms with van der Waals surface area (Å²) in [5.41, 5.74) is 10.9. The van der Waals surface area contributed by atoms with Crippen LogP contribution in [0.25, 0.3) is 16.8 Å². The summed E-state index contributed by atoms with van der Waals surface area (Å²) in [7, 11) is 0. The first-order chi connectivity index (χ1) is 16.8. The Bertz CT molecular complexity index is 1380. The Kier molecular flexibility index (Phi) is 6.87. The highest BCUT2D eigenvalue weighted by molar-refractivity contribution is 6.38. The second-order valence-electron chi connectivity index (χ2n) is 8.44. The first kappa shape index (κ1) is 23.6. The Labute approximate surface area is 203 Å². The highest BCUT2D eigenvalue weighted by Crippen LogP contribution is 2.23. The van der Waals surface area contributed by atoms with Gasteiger partial charge in [0.25, 0.3) is 11.8 Å². The highest BCUT2D eigenvalue weighted by Gasteiger charge is 2.27. The number of ketones is 1. The molecule has 4 aromatic rings. The number of nitrogens with two attached hydrogens (primary N) is 1. The standard InChI is InChI=1S/C28H26N4O3/c1-18-7-6-10-22(15-18)21-11-13-23(14-12-21)32-25(16-19(2)31-32)28(35)30-24(26(33)27(29)34)17-20-8-4-3-5-9-20/h3-16,24H,17H2,1-2H3,(H2,29,34)(H,30,35). The van der Waals surface area contributed by atoms with Crippen molar-refractivity contribution in [1.82, 2.24) is 15.1 Å². The topological polar surface area (TPSA) is 107 Å². The van der Waals surface area contributed by atoms with Crippen molar-refractivity contribution in [3.8, 4) is 16.8 Å². The Morgan fingerprint density at radius 2 is 1.60 bits per heavy atom. The number of hydrogen-bond donors (Lipinski definition) is 2. The fraction of sp³-hybridized carbons (Fsp3) is 0.143. The molecule has 1 atom stereocenters. The average molecular weight is 467 g/mol. The Hall–Kier alpha value is -4.52. The van der Waals surface area contributed by atoms with Gasteiger partial charge in [0.15, 0.2) is 0 Å². The van der Waals surface area contributed by atoms with E-state index in [0.717, 1.165) is 16.7 Å². The van der Waals surface area contributed by atoms with E-state index in [9.17, 15) is 14.4 Å². The smallest absolute Gasteiger partial charge is 0.287 e. The van der Waals surface area contributed by atoms with E-state index in [1.165, 1.54) is 10.2 Å². The minimum absolute atomic E-state index is 0.145. The van der Waals surface area contributed by atoms with Crippen LogP contribution in [-0.2, 0) is 16.0 Å². The fourth-order valence-corrected chi connectivity index (χ4v) is 3.94. The van der Waals surface area contributed by atoms with Crippen LogP contribution in [-0.4, -0.2) is 33.4 Å². The number of nitrogens with one attached hydrogen (secondary N) is 1. The lowest BCUT2D eigenvalue weighted by atomic mass is 10.0. The number of rotatable bonds is 8. The van der Waals surface area contributed by atoms with Crippen LogP contribution in [0, 0.1) is 13.8 Å². The van der Waals surface area contributed by atoms with Crippen molar-refractivity contribution in [2.24, 2.45) is 5.73 Å². The third-order valence-electron chi connectivity index (χ3n) is 5.67. The van der Waals surface area contributed by atoms with E-state index >= 15 is 0 Å². The van der Waals surface area contributed by atoms with Gasteiger partial charge in [-0.05, 0) is 48.7 Å². The van der Waals surface area contributed by atoms with Gasteiger partial charge < -0.3 is 11.1 Å². The van der Waals surface area contributed by atoms with Crippen molar-refractivity contribution < 1.29 is 14.4 Å². The molecule has 0 bridgehead atoms. The predicted octanol–water partition coefficient (Wildman–Crippen LogP) is 3.55. The van der Waals surface area contributed by atoms with Gasteiger partial charge in [-0.25, -0.2) is 4.68 Å². The molecule has 176 valence electrons.